The number of nitrogens with zero attached hydrogens (tertiary/aromatic N) is 4. The molecule has 1 aromatic heterocycles. The molecule has 11 nitrogen and oxygen atoms in total. The van der Waals surface area contributed by atoms with Gasteiger partial charge in [0.15, 0.2) is 0 Å². The van der Waals surface area contributed by atoms with Gasteiger partial charge in [-0.05, 0) is 55.2 Å². The lowest BCUT2D eigenvalue weighted by atomic mass is 10.0. The average molecular weight is 660 g/mol. The molecule has 2 heterocycles. The number of carbonyl (C=O) groups is 2. The van der Waals surface area contributed by atoms with Crippen LogP contribution in [0.4, 0.5) is 24.5 Å². The van der Waals surface area contributed by atoms with Gasteiger partial charge in [-0.25, -0.2) is 9.67 Å². The maximum Gasteiger partial charge on any atom is 0.573 e. The molecule has 3 aromatic carbocycles. The summed E-state index contributed by atoms with van der Waals surface area (Å²) in [4.78, 5) is 30.9. The molecule has 5 rings (SSSR count). The Labute approximate surface area is 266 Å². The van der Waals surface area contributed by atoms with Gasteiger partial charge in [-0.1, -0.05) is 17.7 Å². The van der Waals surface area contributed by atoms with Gasteiger partial charge < -0.3 is 29.5 Å². The Kier molecular flexibility index (Phi) is 9.56. The Morgan fingerprint density at radius 3 is 2.63 bits per heavy atom. The van der Waals surface area contributed by atoms with E-state index in [0.717, 1.165) is 5.56 Å². The van der Waals surface area contributed by atoms with Gasteiger partial charge >= 0.3 is 12.3 Å². The molecule has 0 spiro atoms. The van der Waals surface area contributed by atoms with Crippen LogP contribution in [0.15, 0.2) is 61.2 Å². The van der Waals surface area contributed by atoms with Crippen molar-refractivity contribution >= 4 is 34.9 Å². The van der Waals surface area contributed by atoms with Gasteiger partial charge in [0.2, 0.25) is 0 Å². The van der Waals surface area contributed by atoms with Crippen LogP contribution < -0.4 is 24.4 Å². The number of benzene rings is 3. The first-order valence-corrected chi connectivity index (χ1v) is 14.4. The second kappa shape index (κ2) is 13.6. The molecule has 15 heteroatoms. The van der Waals surface area contributed by atoms with Gasteiger partial charge in [0.25, 0.3) is 5.91 Å². The molecule has 0 aliphatic carbocycles. The number of carbonyl (C=O) groups excluding carboxylic acids is 1. The number of hydrogen-bond acceptors (Lipinski definition) is 8. The number of aromatic nitrogens is 3. The van der Waals surface area contributed by atoms with E-state index < -0.39 is 30.0 Å². The fourth-order valence-corrected chi connectivity index (χ4v) is 5.39. The number of ether oxygens (including phenoxy) is 3. The van der Waals surface area contributed by atoms with E-state index in [2.05, 4.69) is 20.1 Å². The highest BCUT2D eigenvalue weighted by atomic mass is 35.5. The molecule has 0 saturated heterocycles. The normalized spacial score (nSPS) is 13.2. The first-order valence-electron chi connectivity index (χ1n) is 14.1. The SMILES string of the molecule is COc1cc(NC(C(=O)N2CCc3c(C)cc(OC(F)(F)F)cc32)c2ccc(Cl)cc2OCCCC(=O)O)cc(-n2cncn2)c1. The highest BCUT2D eigenvalue weighted by molar-refractivity contribution is 6.30. The molecule has 1 aliphatic heterocycles. The van der Waals surface area contributed by atoms with Crippen molar-refractivity contribution in [2.75, 3.05) is 30.5 Å². The summed E-state index contributed by atoms with van der Waals surface area (Å²) in [6.45, 7) is 1.89. The third-order valence-corrected chi connectivity index (χ3v) is 7.48. The summed E-state index contributed by atoms with van der Waals surface area (Å²) in [7, 11) is 1.49. The van der Waals surface area contributed by atoms with Crippen LogP contribution in [0.2, 0.25) is 5.02 Å². The summed E-state index contributed by atoms with van der Waals surface area (Å²) >= 11 is 6.30. The van der Waals surface area contributed by atoms with Gasteiger partial charge in [-0.2, -0.15) is 5.10 Å². The number of amides is 1. The fraction of sp³-hybridized carbons (Fsp3) is 0.290. The maximum absolute atomic E-state index is 14.5. The standard InChI is InChI=1S/C31H29ClF3N5O6/c1-18-10-23(46-31(33,34)35)15-26-24(18)7-8-39(26)30(43)29(25-6-5-19(32)11-27(25)45-9-3-4-28(41)42)38-20-12-21(14-22(13-20)44-2)40-17-36-16-37-40/h5-6,10-17,29,38H,3-4,7-9H2,1-2H3,(H,41,42). The summed E-state index contributed by atoms with van der Waals surface area (Å²) in [5.41, 5.74) is 2.95. The van der Waals surface area contributed by atoms with Crippen LogP contribution in [-0.4, -0.2) is 58.4 Å². The largest absolute Gasteiger partial charge is 0.573 e. The van der Waals surface area contributed by atoms with E-state index in [0.29, 0.717) is 45.4 Å². The van der Waals surface area contributed by atoms with E-state index in [-0.39, 0.29) is 31.7 Å². The van der Waals surface area contributed by atoms with Crippen LogP contribution in [0.25, 0.3) is 5.69 Å². The number of halogens is 4. The van der Waals surface area contributed by atoms with E-state index >= 15 is 0 Å². The van der Waals surface area contributed by atoms with Crippen molar-refractivity contribution in [3.05, 3.63) is 82.9 Å². The highest BCUT2D eigenvalue weighted by Crippen LogP contribution is 2.40. The van der Waals surface area contributed by atoms with Gasteiger partial charge in [0.1, 0.15) is 35.9 Å². The molecule has 0 saturated carbocycles. The van der Waals surface area contributed by atoms with Crippen molar-refractivity contribution in [3.8, 4) is 22.9 Å². The van der Waals surface area contributed by atoms with E-state index in [1.165, 1.54) is 47.5 Å². The number of alkyl halides is 3. The van der Waals surface area contributed by atoms with Crippen LogP contribution >= 0.6 is 11.6 Å². The maximum atomic E-state index is 14.5. The van der Waals surface area contributed by atoms with Crippen molar-refractivity contribution < 1.29 is 42.1 Å². The topological polar surface area (TPSA) is 128 Å². The predicted molar refractivity (Wildman–Crippen MR) is 162 cm³/mol. The lowest BCUT2D eigenvalue weighted by molar-refractivity contribution is -0.274. The first-order chi connectivity index (χ1) is 21.9. The Balaban J connectivity index is 1.57. The second-order valence-corrected chi connectivity index (χ2v) is 10.8. The van der Waals surface area contributed by atoms with Crippen molar-refractivity contribution in [2.24, 2.45) is 0 Å². The summed E-state index contributed by atoms with van der Waals surface area (Å²) in [5.74, 6) is -1.24. The minimum Gasteiger partial charge on any atom is -0.497 e. The third-order valence-electron chi connectivity index (χ3n) is 7.25. The molecule has 0 radical (unpaired) electrons. The monoisotopic (exact) mass is 659 g/mol. The fourth-order valence-electron chi connectivity index (χ4n) is 5.23. The molecule has 2 N–H and O–H groups in total. The molecule has 0 bridgehead atoms. The number of anilines is 2. The van der Waals surface area contributed by atoms with E-state index in [1.54, 1.807) is 37.3 Å². The van der Waals surface area contributed by atoms with Crippen LogP contribution in [0.3, 0.4) is 0 Å². The van der Waals surface area contributed by atoms with Crippen LogP contribution in [0, 0.1) is 6.92 Å². The zero-order valence-corrected chi connectivity index (χ0v) is 25.4. The third kappa shape index (κ3) is 7.62. The molecule has 1 aliphatic rings. The number of rotatable bonds is 12. The predicted octanol–water partition coefficient (Wildman–Crippen LogP) is 6.12. The van der Waals surface area contributed by atoms with Crippen LogP contribution in [-0.2, 0) is 16.0 Å². The summed E-state index contributed by atoms with van der Waals surface area (Å²) in [6.07, 6.45) is -1.57. The molecule has 46 heavy (non-hydrogen) atoms. The lowest BCUT2D eigenvalue weighted by Crippen LogP contribution is -2.37. The smallest absolute Gasteiger partial charge is 0.497 e. The quantitative estimate of drug-likeness (QED) is 0.173. The van der Waals surface area contributed by atoms with Gasteiger partial charge in [-0.15, -0.1) is 13.2 Å². The van der Waals surface area contributed by atoms with E-state index in [1.807, 2.05) is 0 Å². The van der Waals surface area contributed by atoms with Gasteiger partial charge in [-0.3, -0.25) is 9.59 Å². The number of aliphatic carboxylic acids is 1. The number of hydrogen-bond donors (Lipinski definition) is 2. The minimum absolute atomic E-state index is 0.0278. The van der Waals surface area contributed by atoms with Crippen molar-refractivity contribution in [3.63, 3.8) is 0 Å². The Hall–Kier alpha value is -4.98. The molecule has 1 atom stereocenters. The summed E-state index contributed by atoms with van der Waals surface area (Å²) < 4.78 is 56.5. The molecule has 4 aromatic rings. The number of methoxy groups -OCH3 is 1. The number of carboxylic acids is 1. The summed E-state index contributed by atoms with van der Waals surface area (Å²) in [5, 5.41) is 16.8. The van der Waals surface area contributed by atoms with Crippen molar-refractivity contribution in [1.29, 1.82) is 0 Å². The number of fused-ring (bicyclic) bond motifs is 1. The zero-order valence-electron chi connectivity index (χ0n) is 24.7. The van der Waals surface area contributed by atoms with E-state index in [9.17, 15) is 22.8 Å². The summed E-state index contributed by atoms with van der Waals surface area (Å²) in [6, 6.07) is 11.2. The van der Waals surface area contributed by atoms with E-state index in [4.69, 9.17) is 26.2 Å². The second-order valence-electron chi connectivity index (χ2n) is 10.4. The number of carboxylic acid groups (broad SMARTS) is 1. The Bertz CT molecular complexity index is 1730. The Morgan fingerprint density at radius 2 is 1.93 bits per heavy atom. The molecule has 1 unspecified atom stereocenters. The lowest BCUT2D eigenvalue weighted by Gasteiger charge is -2.28. The molecular weight excluding hydrogens is 631 g/mol. The molecular formula is C31H29ClF3N5O6. The average Bonchev–Trinajstić information content (AvgIpc) is 3.68. The minimum atomic E-state index is -4.91. The van der Waals surface area contributed by atoms with Gasteiger partial charge in [0, 0.05) is 47.4 Å². The number of nitrogens with one attached hydrogen (secondary N) is 1. The van der Waals surface area contributed by atoms with Crippen molar-refractivity contribution in [1.82, 2.24) is 14.8 Å². The first kappa shape index (κ1) is 32.4. The van der Waals surface area contributed by atoms with Crippen molar-refractivity contribution in [2.45, 2.75) is 38.6 Å². The highest BCUT2D eigenvalue weighted by Gasteiger charge is 2.36. The number of aryl methyl sites for hydroxylation is 1. The zero-order chi connectivity index (χ0) is 33.0. The molecule has 1 amide bonds. The van der Waals surface area contributed by atoms with Crippen LogP contribution in [0.5, 0.6) is 17.2 Å². The molecule has 0 fully saturated rings. The van der Waals surface area contributed by atoms with Gasteiger partial charge in [0.05, 0.1) is 25.1 Å². The molecule has 242 valence electrons. The van der Waals surface area contributed by atoms with Crippen LogP contribution in [0.1, 0.15) is 35.6 Å². The Morgan fingerprint density at radius 1 is 1.13 bits per heavy atom.